The largest absolute Gasteiger partial charge is 0.369 e. The Bertz CT molecular complexity index is 872. The Balaban J connectivity index is 1.95. The third kappa shape index (κ3) is 2.93. The fourth-order valence-corrected chi connectivity index (χ4v) is 3.84. The van der Waals surface area contributed by atoms with Gasteiger partial charge in [0.25, 0.3) is 0 Å². The number of hydrogen-bond acceptors (Lipinski definition) is 4. The zero-order chi connectivity index (χ0) is 17.3. The first-order valence-electron chi connectivity index (χ1n) is 7.73. The predicted octanol–water partition coefficient (Wildman–Crippen LogP) is 3.25. The van der Waals surface area contributed by atoms with E-state index in [9.17, 15) is 4.79 Å². The van der Waals surface area contributed by atoms with Crippen molar-refractivity contribution >= 4 is 23.2 Å². The summed E-state index contributed by atoms with van der Waals surface area (Å²) >= 11 is 1.61. The molecule has 0 aliphatic carbocycles. The summed E-state index contributed by atoms with van der Waals surface area (Å²) < 4.78 is 0. The van der Waals surface area contributed by atoms with Crippen molar-refractivity contribution < 1.29 is 4.79 Å². The molecular formula is C19H19N3OS. The molecule has 122 valence electrons. The fourth-order valence-electron chi connectivity index (χ4n) is 2.78. The topological polar surface area (TPSA) is 58.7 Å². The fraction of sp³-hybridized carbons (Fsp3) is 0.263. The van der Waals surface area contributed by atoms with Gasteiger partial charge in [0.05, 0.1) is 12.0 Å². The van der Waals surface area contributed by atoms with Crippen LogP contribution in [0.2, 0.25) is 0 Å². The highest BCUT2D eigenvalue weighted by Crippen LogP contribution is 2.37. The maximum absolute atomic E-state index is 12.3. The molecule has 3 rings (SSSR count). The number of amides is 1. The van der Waals surface area contributed by atoms with E-state index in [1.54, 1.807) is 18.4 Å². The van der Waals surface area contributed by atoms with Crippen LogP contribution in [0.15, 0.2) is 40.7 Å². The van der Waals surface area contributed by atoms with Crippen LogP contribution in [0.25, 0.3) is 11.1 Å². The molecule has 2 aromatic rings. The monoisotopic (exact) mass is 337 g/mol. The van der Waals surface area contributed by atoms with Crippen LogP contribution in [-0.2, 0) is 4.79 Å². The quantitative estimate of drug-likeness (QED) is 0.855. The summed E-state index contributed by atoms with van der Waals surface area (Å²) in [5.74, 6) is 6.06. The molecule has 0 saturated carbocycles. The zero-order valence-corrected chi connectivity index (χ0v) is 14.7. The molecule has 2 heterocycles. The molecule has 2 N–H and O–H groups in total. The van der Waals surface area contributed by atoms with Crippen LogP contribution in [0.4, 0.5) is 0 Å². The molecule has 0 radical (unpaired) electrons. The minimum absolute atomic E-state index is 0.00247. The van der Waals surface area contributed by atoms with Gasteiger partial charge in [-0.2, -0.15) is 0 Å². The minimum Gasteiger partial charge on any atom is -0.369 e. The van der Waals surface area contributed by atoms with Crippen molar-refractivity contribution in [1.29, 1.82) is 0 Å². The first-order chi connectivity index (χ1) is 11.5. The van der Waals surface area contributed by atoms with Crippen LogP contribution in [0.1, 0.15) is 30.3 Å². The first kappa shape index (κ1) is 16.3. The molecule has 1 aliphatic heterocycles. The van der Waals surface area contributed by atoms with Crippen LogP contribution in [0.3, 0.4) is 0 Å². The number of guanidine groups is 1. The maximum atomic E-state index is 12.3. The average Bonchev–Trinajstić information content (AvgIpc) is 3.07. The Morgan fingerprint density at radius 3 is 2.83 bits per heavy atom. The standard InChI is InChI=1S/C19H19N3OS/c1-4-6-13-7-5-8-14(9-13)15-10-16(24-11-15)17-12(2)18(23)22(3)19(20)21-17/h5,7-12,17H,1-3H3,(H2,20,21)/t12-,17?/m1/s1. The number of benzene rings is 1. The second kappa shape index (κ2) is 6.50. The van der Waals surface area contributed by atoms with E-state index in [1.165, 1.54) is 4.90 Å². The van der Waals surface area contributed by atoms with Crippen molar-refractivity contribution in [2.45, 2.75) is 19.9 Å². The predicted molar refractivity (Wildman–Crippen MR) is 98.6 cm³/mol. The molecule has 1 amide bonds. The summed E-state index contributed by atoms with van der Waals surface area (Å²) in [6.45, 7) is 3.73. The molecule has 0 saturated heterocycles. The molecular weight excluding hydrogens is 318 g/mol. The van der Waals surface area contributed by atoms with E-state index in [-0.39, 0.29) is 23.8 Å². The molecule has 0 fully saturated rings. The van der Waals surface area contributed by atoms with E-state index < -0.39 is 0 Å². The molecule has 2 atom stereocenters. The van der Waals surface area contributed by atoms with E-state index in [0.717, 1.165) is 21.6 Å². The van der Waals surface area contributed by atoms with Crippen molar-refractivity contribution in [2.24, 2.45) is 16.6 Å². The lowest BCUT2D eigenvalue weighted by atomic mass is 9.97. The Morgan fingerprint density at radius 1 is 1.29 bits per heavy atom. The number of carbonyl (C=O) groups excluding carboxylic acids is 1. The van der Waals surface area contributed by atoms with Gasteiger partial charge in [-0.15, -0.1) is 17.3 Å². The maximum Gasteiger partial charge on any atom is 0.234 e. The third-order valence-corrected chi connectivity index (χ3v) is 5.19. The summed E-state index contributed by atoms with van der Waals surface area (Å²) in [4.78, 5) is 19.2. The number of thiophene rings is 1. The van der Waals surface area contributed by atoms with Crippen molar-refractivity contribution in [3.63, 3.8) is 0 Å². The lowest BCUT2D eigenvalue weighted by molar-refractivity contribution is -0.131. The van der Waals surface area contributed by atoms with Crippen LogP contribution < -0.4 is 5.73 Å². The number of rotatable bonds is 2. The zero-order valence-electron chi connectivity index (χ0n) is 13.9. The van der Waals surface area contributed by atoms with E-state index in [4.69, 9.17) is 5.73 Å². The van der Waals surface area contributed by atoms with Gasteiger partial charge in [0.1, 0.15) is 0 Å². The molecule has 1 aromatic carbocycles. The summed E-state index contributed by atoms with van der Waals surface area (Å²) in [6.07, 6.45) is 0. The number of aliphatic imine (C=N–C) groups is 1. The van der Waals surface area contributed by atoms with Gasteiger partial charge in [0.15, 0.2) is 5.96 Å². The summed E-state index contributed by atoms with van der Waals surface area (Å²) in [6, 6.07) is 10.0. The minimum atomic E-state index is -0.217. The van der Waals surface area contributed by atoms with Gasteiger partial charge in [0.2, 0.25) is 5.91 Å². The van der Waals surface area contributed by atoms with Crippen molar-refractivity contribution in [2.75, 3.05) is 7.05 Å². The molecule has 0 bridgehead atoms. The second-order valence-electron chi connectivity index (χ2n) is 5.81. The van der Waals surface area contributed by atoms with Gasteiger partial charge < -0.3 is 5.73 Å². The lowest BCUT2D eigenvalue weighted by Gasteiger charge is -2.30. The third-order valence-electron chi connectivity index (χ3n) is 4.19. The SMILES string of the molecule is CC#Cc1cccc(-c2csc(C3N=C(N)N(C)C(=O)[C@@H]3C)c2)c1. The molecule has 24 heavy (non-hydrogen) atoms. The smallest absolute Gasteiger partial charge is 0.234 e. The van der Waals surface area contributed by atoms with Crippen LogP contribution >= 0.6 is 11.3 Å². The number of nitrogens with two attached hydrogens (primary N) is 1. The molecule has 1 aromatic heterocycles. The lowest BCUT2D eigenvalue weighted by Crippen LogP contribution is -2.46. The highest BCUT2D eigenvalue weighted by Gasteiger charge is 2.34. The van der Waals surface area contributed by atoms with E-state index >= 15 is 0 Å². The van der Waals surface area contributed by atoms with Gasteiger partial charge >= 0.3 is 0 Å². The van der Waals surface area contributed by atoms with Crippen molar-refractivity contribution in [1.82, 2.24) is 4.90 Å². The van der Waals surface area contributed by atoms with Crippen molar-refractivity contribution in [3.8, 4) is 23.0 Å². The van der Waals surface area contributed by atoms with Gasteiger partial charge in [0, 0.05) is 17.5 Å². The Morgan fingerprint density at radius 2 is 2.08 bits per heavy atom. The van der Waals surface area contributed by atoms with E-state index in [2.05, 4.69) is 40.4 Å². The van der Waals surface area contributed by atoms with Crippen LogP contribution in [-0.4, -0.2) is 23.8 Å². The van der Waals surface area contributed by atoms with Gasteiger partial charge in [-0.3, -0.25) is 9.69 Å². The normalized spacial score (nSPS) is 20.4. The molecule has 5 heteroatoms. The van der Waals surface area contributed by atoms with E-state index in [0.29, 0.717) is 0 Å². The number of nitrogens with zero attached hydrogens (tertiary/aromatic N) is 2. The number of hydrogen-bond donors (Lipinski definition) is 1. The van der Waals surface area contributed by atoms with Crippen molar-refractivity contribution in [3.05, 3.63) is 46.2 Å². The first-order valence-corrected chi connectivity index (χ1v) is 8.61. The second-order valence-corrected chi connectivity index (χ2v) is 6.75. The summed E-state index contributed by atoms with van der Waals surface area (Å²) in [5.41, 5.74) is 9.09. The van der Waals surface area contributed by atoms with Crippen LogP contribution in [0.5, 0.6) is 0 Å². The van der Waals surface area contributed by atoms with Gasteiger partial charge in [-0.25, -0.2) is 4.99 Å². The Hall–Kier alpha value is -2.58. The van der Waals surface area contributed by atoms with Gasteiger partial charge in [-0.05, 0) is 41.6 Å². The Kier molecular flexibility index (Phi) is 4.41. The van der Waals surface area contributed by atoms with Crippen LogP contribution in [0, 0.1) is 17.8 Å². The van der Waals surface area contributed by atoms with E-state index in [1.807, 2.05) is 26.0 Å². The average molecular weight is 337 g/mol. The molecule has 1 aliphatic rings. The number of carbonyl (C=O) groups is 1. The Labute approximate surface area is 146 Å². The molecule has 0 spiro atoms. The summed E-state index contributed by atoms with van der Waals surface area (Å²) in [5, 5.41) is 2.09. The highest BCUT2D eigenvalue weighted by atomic mass is 32.1. The molecule has 1 unspecified atom stereocenters. The highest BCUT2D eigenvalue weighted by molar-refractivity contribution is 7.10. The summed E-state index contributed by atoms with van der Waals surface area (Å²) in [7, 11) is 1.66. The molecule has 4 nitrogen and oxygen atoms in total. The van der Waals surface area contributed by atoms with Gasteiger partial charge in [-0.1, -0.05) is 25.0 Å².